The maximum absolute atomic E-state index is 6.75. The van der Waals surface area contributed by atoms with Gasteiger partial charge < -0.3 is 9.80 Å². The molecule has 3 N–H and O–H groups in total. The van der Waals surface area contributed by atoms with Crippen molar-refractivity contribution >= 4 is 39.9 Å². The molecule has 8 heteroatoms. The summed E-state index contributed by atoms with van der Waals surface area (Å²) >= 11 is 8.65. The summed E-state index contributed by atoms with van der Waals surface area (Å²) in [5, 5.41) is 6.13. The van der Waals surface area contributed by atoms with E-state index in [1.54, 1.807) is 0 Å². The van der Waals surface area contributed by atoms with Gasteiger partial charge >= 0.3 is 0 Å². The van der Waals surface area contributed by atoms with E-state index < -0.39 is 0 Å². The largest absolute Gasteiger partial charge is 0.360 e. The number of halogens is 1. The highest BCUT2D eigenvalue weighted by Crippen LogP contribution is 2.48. The predicted molar refractivity (Wildman–Crippen MR) is 124 cm³/mol. The molecular formula is C22H25ClN6S. The number of hydrogen-bond donors (Lipinski definition) is 3. The Hall–Kier alpha value is -1.90. The van der Waals surface area contributed by atoms with Gasteiger partial charge in [0.1, 0.15) is 18.0 Å². The topological polar surface area (TPSA) is 54.9 Å². The number of fused-ring (bicyclic) bond motifs is 5. The standard InChI is InChI=1S/C22H25ClN6S/c1-28-11-10-24-20(28)19-21-27-25-12-29(21)22-17(14-7-3-5-9-16(14)30-22)18(26-19)13-6-2-4-8-15(13)23/h2,4-6,8-9,18-19,21,25-27H,3,7,10-12H2,1H3. The molecule has 1 aromatic carbocycles. The Kier molecular flexibility index (Phi) is 4.62. The number of nitrogens with zero attached hydrogens (tertiary/aromatic N) is 3. The first-order valence-corrected chi connectivity index (χ1v) is 11.7. The minimum atomic E-state index is 0.0225. The van der Waals surface area contributed by atoms with Crippen molar-refractivity contribution in [1.82, 2.24) is 21.1 Å². The predicted octanol–water partition coefficient (Wildman–Crippen LogP) is 2.96. The Morgan fingerprint density at radius 2 is 2.17 bits per heavy atom. The lowest BCUT2D eigenvalue weighted by Gasteiger charge is -2.33. The fraction of sp³-hybridized carbons (Fsp3) is 0.409. The number of hydrogen-bond acceptors (Lipinski definition) is 7. The summed E-state index contributed by atoms with van der Waals surface area (Å²) in [7, 11) is 2.14. The zero-order chi connectivity index (χ0) is 20.2. The zero-order valence-corrected chi connectivity index (χ0v) is 18.4. The molecule has 3 atom stereocenters. The van der Waals surface area contributed by atoms with Crippen molar-refractivity contribution in [2.24, 2.45) is 4.99 Å². The number of benzene rings is 1. The summed E-state index contributed by atoms with van der Waals surface area (Å²) in [5.41, 5.74) is 10.9. The Bertz CT molecular complexity index is 1050. The van der Waals surface area contributed by atoms with Crippen molar-refractivity contribution in [2.75, 3.05) is 31.7 Å². The smallest absolute Gasteiger partial charge is 0.120 e. The van der Waals surface area contributed by atoms with E-state index >= 15 is 0 Å². The molecule has 156 valence electrons. The molecule has 30 heavy (non-hydrogen) atoms. The van der Waals surface area contributed by atoms with Crippen LogP contribution < -0.4 is 21.1 Å². The lowest BCUT2D eigenvalue weighted by molar-refractivity contribution is 0.416. The third kappa shape index (κ3) is 2.84. The number of hydrazine groups is 1. The van der Waals surface area contributed by atoms with E-state index in [0.29, 0.717) is 0 Å². The van der Waals surface area contributed by atoms with Crippen LogP contribution in [0, 0.1) is 0 Å². The first-order chi connectivity index (χ1) is 14.7. The third-order valence-corrected chi connectivity index (χ3v) is 8.13. The average molecular weight is 441 g/mol. The molecule has 0 saturated carbocycles. The Labute approximate surface area is 185 Å². The van der Waals surface area contributed by atoms with Crippen LogP contribution in [0.5, 0.6) is 0 Å². The molecule has 6 rings (SSSR count). The highest BCUT2D eigenvalue weighted by atomic mass is 35.5. The molecule has 0 bridgehead atoms. The van der Waals surface area contributed by atoms with Crippen LogP contribution in [0.1, 0.15) is 34.0 Å². The Balaban J connectivity index is 1.56. The summed E-state index contributed by atoms with van der Waals surface area (Å²) in [6.45, 7) is 2.58. The maximum atomic E-state index is 6.75. The summed E-state index contributed by atoms with van der Waals surface area (Å²) in [5.74, 6) is 1.11. The van der Waals surface area contributed by atoms with Gasteiger partial charge in [0.15, 0.2) is 0 Å². The van der Waals surface area contributed by atoms with E-state index in [1.165, 1.54) is 21.0 Å². The first-order valence-electron chi connectivity index (χ1n) is 10.6. The van der Waals surface area contributed by atoms with E-state index in [9.17, 15) is 0 Å². The molecule has 0 amide bonds. The van der Waals surface area contributed by atoms with E-state index in [0.717, 1.165) is 49.0 Å². The number of aliphatic imine (C=N–C) groups is 1. The molecule has 1 saturated heterocycles. The molecule has 0 spiro atoms. The molecule has 1 fully saturated rings. The number of nitrogens with one attached hydrogen (secondary N) is 3. The van der Waals surface area contributed by atoms with Crippen molar-refractivity contribution in [3.8, 4) is 0 Å². The molecule has 1 aromatic heterocycles. The number of anilines is 1. The van der Waals surface area contributed by atoms with Crippen LogP contribution in [-0.2, 0) is 6.42 Å². The summed E-state index contributed by atoms with van der Waals surface area (Å²) in [4.78, 5) is 11.0. The molecule has 3 unspecified atom stereocenters. The normalized spacial score (nSPS) is 27.5. The number of amidine groups is 1. The van der Waals surface area contributed by atoms with Gasteiger partial charge in [-0.2, -0.15) is 0 Å². The SMILES string of the molecule is CN1CCN=C1C1NC(c2ccccc2Cl)c2c(sc3c2CCC=C3)N2CNNC12. The Morgan fingerprint density at radius 3 is 3.00 bits per heavy atom. The van der Waals surface area contributed by atoms with Crippen molar-refractivity contribution in [3.63, 3.8) is 0 Å². The van der Waals surface area contributed by atoms with E-state index in [2.05, 4.69) is 57.3 Å². The van der Waals surface area contributed by atoms with Crippen molar-refractivity contribution < 1.29 is 0 Å². The molecule has 1 aliphatic carbocycles. The van der Waals surface area contributed by atoms with Crippen LogP contribution >= 0.6 is 22.9 Å². The summed E-state index contributed by atoms with van der Waals surface area (Å²) < 4.78 is 0. The van der Waals surface area contributed by atoms with Crippen LogP contribution in [0.4, 0.5) is 5.00 Å². The van der Waals surface area contributed by atoms with Gasteiger partial charge in [-0.3, -0.25) is 10.3 Å². The second-order valence-corrected chi connectivity index (χ2v) is 9.70. The van der Waals surface area contributed by atoms with Gasteiger partial charge in [-0.1, -0.05) is 35.9 Å². The van der Waals surface area contributed by atoms with Gasteiger partial charge in [-0.15, -0.1) is 11.3 Å². The van der Waals surface area contributed by atoms with Crippen LogP contribution in [0.25, 0.3) is 6.08 Å². The average Bonchev–Trinajstić information content (AvgIpc) is 3.47. The second kappa shape index (κ2) is 7.35. The molecule has 0 radical (unpaired) electrons. The highest BCUT2D eigenvalue weighted by Gasteiger charge is 2.45. The maximum Gasteiger partial charge on any atom is 0.120 e. The number of likely N-dealkylation sites (N-methyl/N-ethyl adjacent to an activating group) is 1. The third-order valence-electron chi connectivity index (χ3n) is 6.53. The molecule has 4 heterocycles. The molecular weight excluding hydrogens is 416 g/mol. The van der Waals surface area contributed by atoms with Gasteiger partial charge in [0.05, 0.1) is 24.3 Å². The summed E-state index contributed by atoms with van der Waals surface area (Å²) in [6, 6.07) is 8.31. The molecule has 4 aliphatic rings. The van der Waals surface area contributed by atoms with Crippen molar-refractivity contribution in [3.05, 3.63) is 56.9 Å². The lowest BCUT2D eigenvalue weighted by Crippen LogP contribution is -2.58. The van der Waals surface area contributed by atoms with E-state index in [1.807, 2.05) is 23.5 Å². The fourth-order valence-corrected chi connectivity index (χ4v) is 6.69. The van der Waals surface area contributed by atoms with Gasteiger partial charge in [0.2, 0.25) is 0 Å². The monoisotopic (exact) mass is 440 g/mol. The van der Waals surface area contributed by atoms with Crippen LogP contribution in [0.2, 0.25) is 5.02 Å². The van der Waals surface area contributed by atoms with Crippen LogP contribution in [-0.4, -0.2) is 49.7 Å². The highest BCUT2D eigenvalue weighted by molar-refractivity contribution is 7.17. The van der Waals surface area contributed by atoms with Crippen LogP contribution in [0.15, 0.2) is 35.3 Å². The Morgan fingerprint density at radius 1 is 1.27 bits per heavy atom. The van der Waals surface area contributed by atoms with E-state index in [-0.39, 0.29) is 18.2 Å². The number of thiophene rings is 1. The van der Waals surface area contributed by atoms with Gasteiger partial charge in [-0.05, 0) is 36.1 Å². The van der Waals surface area contributed by atoms with Gasteiger partial charge in [0, 0.05) is 29.1 Å². The zero-order valence-electron chi connectivity index (χ0n) is 16.9. The van der Waals surface area contributed by atoms with E-state index in [4.69, 9.17) is 16.6 Å². The minimum Gasteiger partial charge on any atom is -0.360 e. The quantitative estimate of drug-likeness (QED) is 0.670. The van der Waals surface area contributed by atoms with Crippen LogP contribution in [0.3, 0.4) is 0 Å². The molecule has 6 nitrogen and oxygen atoms in total. The van der Waals surface area contributed by atoms with Gasteiger partial charge in [0.25, 0.3) is 0 Å². The van der Waals surface area contributed by atoms with Crippen molar-refractivity contribution in [2.45, 2.75) is 31.1 Å². The lowest BCUT2D eigenvalue weighted by atomic mass is 9.91. The second-order valence-electron chi connectivity index (χ2n) is 8.26. The fourth-order valence-electron chi connectivity index (χ4n) is 5.09. The number of allylic oxidation sites excluding steroid dienone is 1. The first kappa shape index (κ1) is 18.8. The molecule has 3 aliphatic heterocycles. The molecule has 2 aromatic rings. The minimum absolute atomic E-state index is 0.0225. The van der Waals surface area contributed by atoms with Gasteiger partial charge in [-0.25, -0.2) is 10.9 Å². The number of rotatable bonds is 2. The van der Waals surface area contributed by atoms with Crippen molar-refractivity contribution in [1.29, 1.82) is 0 Å². The summed E-state index contributed by atoms with van der Waals surface area (Å²) in [6.07, 6.45) is 6.83.